The normalized spacial score (nSPS) is 12.7. The monoisotopic (exact) mass is 148 g/mol. The van der Waals surface area contributed by atoms with Crippen LogP contribution in [-0.4, -0.2) is 12.3 Å². The van der Waals surface area contributed by atoms with Crippen LogP contribution in [0.4, 0.5) is 9.18 Å². The molecule has 0 saturated heterocycles. The zero-order chi connectivity index (χ0) is 7.98. The highest BCUT2D eigenvalue weighted by Crippen LogP contribution is 2.06. The molecule has 0 aliphatic heterocycles. The Hall–Kier alpha value is -0.600. The fraction of sp³-hybridized carbons (Fsp3) is 0.857. The SMILES string of the molecule is CCCC(CC)OC(=O)F. The first-order chi connectivity index (χ1) is 4.70. The lowest BCUT2D eigenvalue weighted by molar-refractivity contribution is 0.0692. The Morgan fingerprint density at radius 3 is 2.50 bits per heavy atom. The molecule has 0 fully saturated rings. The minimum absolute atomic E-state index is 0.234. The Labute approximate surface area is 60.4 Å². The molecule has 0 heterocycles. The molecule has 0 spiro atoms. The second kappa shape index (κ2) is 5.21. The number of hydrogen-bond acceptors (Lipinski definition) is 2. The second-order valence-corrected chi connectivity index (χ2v) is 2.17. The number of ether oxygens (including phenoxy) is 1. The minimum Gasteiger partial charge on any atom is -0.437 e. The maximum absolute atomic E-state index is 11.6. The Morgan fingerprint density at radius 1 is 1.60 bits per heavy atom. The Morgan fingerprint density at radius 2 is 2.20 bits per heavy atom. The van der Waals surface area contributed by atoms with Gasteiger partial charge in [0.1, 0.15) is 6.10 Å². The molecule has 60 valence electrons. The van der Waals surface area contributed by atoms with E-state index in [2.05, 4.69) is 4.74 Å². The summed E-state index contributed by atoms with van der Waals surface area (Å²) in [5, 5.41) is 0. The quantitative estimate of drug-likeness (QED) is 0.573. The van der Waals surface area contributed by atoms with E-state index < -0.39 is 6.22 Å². The van der Waals surface area contributed by atoms with E-state index in [0.717, 1.165) is 12.8 Å². The molecular formula is C7H13FO2. The molecule has 0 amide bonds. The molecule has 0 aromatic heterocycles. The van der Waals surface area contributed by atoms with Gasteiger partial charge in [-0.05, 0) is 12.8 Å². The van der Waals surface area contributed by atoms with Gasteiger partial charge in [0.25, 0.3) is 0 Å². The molecule has 0 aliphatic carbocycles. The van der Waals surface area contributed by atoms with Crippen LogP contribution < -0.4 is 0 Å². The third kappa shape index (κ3) is 4.30. The van der Waals surface area contributed by atoms with Crippen molar-refractivity contribution < 1.29 is 13.9 Å². The average molecular weight is 148 g/mol. The van der Waals surface area contributed by atoms with E-state index in [9.17, 15) is 9.18 Å². The molecule has 10 heavy (non-hydrogen) atoms. The maximum atomic E-state index is 11.6. The number of carbonyl (C=O) groups excluding carboxylic acids is 1. The molecule has 0 N–H and O–H groups in total. The van der Waals surface area contributed by atoms with Gasteiger partial charge in [-0.3, -0.25) is 0 Å². The molecule has 1 atom stereocenters. The van der Waals surface area contributed by atoms with Gasteiger partial charge in [0.2, 0.25) is 0 Å². The molecule has 0 rings (SSSR count). The first-order valence-corrected chi connectivity index (χ1v) is 3.56. The van der Waals surface area contributed by atoms with Crippen LogP contribution in [0.1, 0.15) is 33.1 Å². The lowest BCUT2D eigenvalue weighted by Crippen LogP contribution is -2.12. The van der Waals surface area contributed by atoms with Gasteiger partial charge in [-0.1, -0.05) is 20.3 Å². The third-order valence-corrected chi connectivity index (χ3v) is 1.33. The van der Waals surface area contributed by atoms with Gasteiger partial charge in [0, 0.05) is 0 Å². The molecule has 0 aromatic rings. The van der Waals surface area contributed by atoms with E-state index in [1.54, 1.807) is 0 Å². The van der Waals surface area contributed by atoms with Crippen molar-refractivity contribution in [2.45, 2.75) is 39.2 Å². The summed E-state index contributed by atoms with van der Waals surface area (Å²) in [5.74, 6) is 0. The molecule has 2 nitrogen and oxygen atoms in total. The Kier molecular flexibility index (Phi) is 4.89. The van der Waals surface area contributed by atoms with Crippen molar-refractivity contribution >= 4 is 6.22 Å². The van der Waals surface area contributed by atoms with Gasteiger partial charge < -0.3 is 4.74 Å². The third-order valence-electron chi connectivity index (χ3n) is 1.33. The van der Waals surface area contributed by atoms with E-state index in [-0.39, 0.29) is 6.10 Å². The first kappa shape index (κ1) is 9.40. The number of hydrogen-bond donors (Lipinski definition) is 0. The molecule has 0 bridgehead atoms. The van der Waals surface area contributed by atoms with E-state index in [1.807, 2.05) is 13.8 Å². The Bertz CT molecular complexity index is 104. The van der Waals surface area contributed by atoms with Crippen molar-refractivity contribution in [2.75, 3.05) is 0 Å². The van der Waals surface area contributed by atoms with E-state index in [4.69, 9.17) is 0 Å². The van der Waals surface area contributed by atoms with Crippen LogP contribution in [0.5, 0.6) is 0 Å². The largest absolute Gasteiger partial charge is 0.495 e. The van der Waals surface area contributed by atoms with Gasteiger partial charge in [-0.15, -0.1) is 4.39 Å². The summed E-state index contributed by atoms with van der Waals surface area (Å²) in [7, 11) is 0. The highest BCUT2D eigenvalue weighted by molar-refractivity contribution is 5.58. The van der Waals surface area contributed by atoms with Gasteiger partial charge in [-0.2, -0.15) is 0 Å². The van der Waals surface area contributed by atoms with Crippen molar-refractivity contribution in [1.29, 1.82) is 0 Å². The summed E-state index contributed by atoms with van der Waals surface area (Å²) in [6.45, 7) is 3.83. The fourth-order valence-corrected chi connectivity index (χ4v) is 0.799. The van der Waals surface area contributed by atoms with Crippen LogP contribution in [0.2, 0.25) is 0 Å². The minimum atomic E-state index is -1.67. The van der Waals surface area contributed by atoms with Crippen molar-refractivity contribution in [3.05, 3.63) is 0 Å². The van der Waals surface area contributed by atoms with Gasteiger partial charge >= 0.3 is 6.22 Å². The zero-order valence-corrected chi connectivity index (χ0v) is 6.39. The molecule has 0 saturated carbocycles. The smallest absolute Gasteiger partial charge is 0.437 e. The average Bonchev–Trinajstić information content (AvgIpc) is 1.86. The highest BCUT2D eigenvalue weighted by Gasteiger charge is 2.09. The predicted octanol–water partition coefficient (Wildman–Crippen LogP) is 2.67. The summed E-state index contributed by atoms with van der Waals surface area (Å²) in [6.07, 6.45) is 0.435. The fourth-order valence-electron chi connectivity index (χ4n) is 0.799. The van der Waals surface area contributed by atoms with Crippen LogP contribution in [0, 0.1) is 0 Å². The molecule has 3 heteroatoms. The highest BCUT2D eigenvalue weighted by atomic mass is 19.1. The summed E-state index contributed by atoms with van der Waals surface area (Å²) < 4.78 is 15.9. The van der Waals surface area contributed by atoms with Crippen molar-refractivity contribution in [2.24, 2.45) is 0 Å². The number of rotatable bonds is 4. The lowest BCUT2D eigenvalue weighted by Gasteiger charge is -2.10. The van der Waals surface area contributed by atoms with Crippen LogP contribution in [0.3, 0.4) is 0 Å². The Balaban J connectivity index is 3.49. The molecule has 0 radical (unpaired) electrons. The summed E-state index contributed by atoms with van der Waals surface area (Å²) >= 11 is 0. The predicted molar refractivity (Wildman–Crippen MR) is 36.6 cm³/mol. The standard InChI is InChI=1S/C7H13FO2/c1-3-5-6(4-2)10-7(8)9/h6H,3-5H2,1-2H3. The van der Waals surface area contributed by atoms with Crippen molar-refractivity contribution in [3.63, 3.8) is 0 Å². The summed E-state index contributed by atoms with van der Waals surface area (Å²) in [4.78, 5) is 9.80. The zero-order valence-electron chi connectivity index (χ0n) is 6.39. The summed E-state index contributed by atoms with van der Waals surface area (Å²) in [6, 6.07) is 0. The molecular weight excluding hydrogens is 135 g/mol. The number of carbonyl (C=O) groups is 1. The molecule has 1 unspecified atom stereocenters. The van der Waals surface area contributed by atoms with E-state index >= 15 is 0 Å². The van der Waals surface area contributed by atoms with Gasteiger partial charge in [-0.25, -0.2) is 4.79 Å². The van der Waals surface area contributed by atoms with Gasteiger partial charge in [0.05, 0.1) is 0 Å². The first-order valence-electron chi connectivity index (χ1n) is 3.56. The van der Waals surface area contributed by atoms with E-state index in [1.165, 1.54) is 0 Å². The van der Waals surface area contributed by atoms with Crippen LogP contribution in [0.15, 0.2) is 0 Å². The number of halogens is 1. The topological polar surface area (TPSA) is 26.3 Å². The van der Waals surface area contributed by atoms with Crippen LogP contribution >= 0.6 is 0 Å². The van der Waals surface area contributed by atoms with Crippen molar-refractivity contribution in [1.82, 2.24) is 0 Å². The second-order valence-electron chi connectivity index (χ2n) is 2.17. The van der Waals surface area contributed by atoms with Gasteiger partial charge in [0.15, 0.2) is 0 Å². The van der Waals surface area contributed by atoms with Crippen LogP contribution in [-0.2, 0) is 4.74 Å². The van der Waals surface area contributed by atoms with Crippen LogP contribution in [0.25, 0.3) is 0 Å². The van der Waals surface area contributed by atoms with Crippen molar-refractivity contribution in [3.8, 4) is 0 Å². The molecule has 0 aromatic carbocycles. The van der Waals surface area contributed by atoms with E-state index in [0.29, 0.717) is 6.42 Å². The maximum Gasteiger partial charge on any atom is 0.495 e. The lowest BCUT2D eigenvalue weighted by atomic mass is 10.2. The molecule has 0 aliphatic rings. The summed E-state index contributed by atoms with van der Waals surface area (Å²) in [5.41, 5.74) is 0.